The van der Waals surface area contributed by atoms with Crippen LogP contribution < -0.4 is 25.9 Å². The van der Waals surface area contributed by atoms with Gasteiger partial charge >= 0.3 is 0 Å². The number of fused-ring (bicyclic) bond motifs is 1. The van der Waals surface area contributed by atoms with E-state index in [9.17, 15) is 9.18 Å². The molecule has 3 heterocycles. The highest BCUT2D eigenvalue weighted by Crippen LogP contribution is 2.34. The summed E-state index contributed by atoms with van der Waals surface area (Å²) in [5.41, 5.74) is 1.93. The fraction of sp³-hybridized carbons (Fsp3) is 0.269. The van der Waals surface area contributed by atoms with Crippen molar-refractivity contribution in [3.05, 3.63) is 75.8 Å². The summed E-state index contributed by atoms with van der Waals surface area (Å²) in [5, 5.41) is 7.11. The number of hydrogen-bond donors (Lipinski definition) is 2. The highest BCUT2D eigenvalue weighted by Gasteiger charge is 2.20. The minimum atomic E-state index is -0.545. The summed E-state index contributed by atoms with van der Waals surface area (Å²) in [4.78, 5) is 29.8. The number of methoxy groups -OCH3 is 1. The molecule has 0 spiro atoms. The van der Waals surface area contributed by atoms with E-state index >= 15 is 0 Å². The molecular weight excluding hydrogens is 499 g/mol. The normalized spacial score (nSPS) is 13.6. The second-order valence-electron chi connectivity index (χ2n) is 8.43. The second-order valence-corrected chi connectivity index (χ2v) is 8.84. The quantitative estimate of drug-likeness (QED) is 0.338. The summed E-state index contributed by atoms with van der Waals surface area (Å²) in [7, 11) is 1.53. The van der Waals surface area contributed by atoms with E-state index in [1.54, 1.807) is 6.07 Å². The van der Waals surface area contributed by atoms with Gasteiger partial charge in [-0.25, -0.2) is 9.37 Å². The maximum Gasteiger partial charge on any atom is 0.285 e. The van der Waals surface area contributed by atoms with Crippen LogP contribution in [0.1, 0.15) is 0 Å². The molecule has 0 aliphatic carbocycles. The van der Waals surface area contributed by atoms with E-state index in [0.717, 1.165) is 42.3 Å². The van der Waals surface area contributed by atoms with Crippen molar-refractivity contribution >= 4 is 40.0 Å². The number of nitrogens with one attached hydrogen (secondary N) is 2. The van der Waals surface area contributed by atoms with Crippen LogP contribution in [0.2, 0.25) is 5.02 Å². The van der Waals surface area contributed by atoms with Crippen LogP contribution in [0.4, 0.5) is 21.7 Å². The Kier molecular flexibility index (Phi) is 7.50. The Morgan fingerprint density at radius 3 is 2.57 bits per heavy atom. The number of pyridine rings is 1. The third-order valence-electron chi connectivity index (χ3n) is 6.02. The van der Waals surface area contributed by atoms with Gasteiger partial charge < -0.3 is 25.1 Å². The van der Waals surface area contributed by atoms with Gasteiger partial charge in [-0.2, -0.15) is 4.98 Å². The van der Waals surface area contributed by atoms with E-state index < -0.39 is 11.4 Å². The lowest BCUT2D eigenvalue weighted by Gasteiger charge is -2.29. The first kappa shape index (κ1) is 24.9. The predicted octanol–water partition coefficient (Wildman–Crippen LogP) is 3.48. The summed E-state index contributed by atoms with van der Waals surface area (Å²) in [6, 6.07) is 15.2. The Labute approximate surface area is 217 Å². The van der Waals surface area contributed by atoms with Crippen LogP contribution in [-0.4, -0.2) is 61.2 Å². The topological polar surface area (TPSA) is 93.5 Å². The first-order chi connectivity index (χ1) is 18.0. The Bertz CT molecular complexity index is 1440. The Balaban J connectivity index is 1.58. The van der Waals surface area contributed by atoms with Gasteiger partial charge in [-0.3, -0.25) is 4.79 Å². The molecule has 0 saturated carbocycles. The van der Waals surface area contributed by atoms with E-state index in [1.165, 1.54) is 31.4 Å². The van der Waals surface area contributed by atoms with Crippen molar-refractivity contribution in [2.24, 2.45) is 0 Å². The van der Waals surface area contributed by atoms with E-state index in [2.05, 4.69) is 25.5 Å². The molecule has 0 atom stereocenters. The zero-order chi connectivity index (χ0) is 25.8. The van der Waals surface area contributed by atoms with Crippen molar-refractivity contribution in [1.29, 1.82) is 0 Å². The molecule has 2 N–H and O–H groups in total. The van der Waals surface area contributed by atoms with Gasteiger partial charge in [0.15, 0.2) is 5.65 Å². The number of piperazine rings is 1. The molecule has 4 aromatic rings. The lowest BCUT2D eigenvalue weighted by molar-refractivity contribution is 0.0582. The number of nitrogens with zero attached hydrogens (tertiary/aromatic N) is 4. The molecule has 192 valence electrons. The van der Waals surface area contributed by atoms with Crippen LogP contribution in [0.3, 0.4) is 0 Å². The van der Waals surface area contributed by atoms with E-state index in [0.29, 0.717) is 5.39 Å². The minimum absolute atomic E-state index is 0.107. The third-order valence-corrected chi connectivity index (χ3v) is 6.34. The van der Waals surface area contributed by atoms with Gasteiger partial charge in [0.2, 0.25) is 5.95 Å². The van der Waals surface area contributed by atoms with Crippen molar-refractivity contribution < 1.29 is 14.0 Å². The summed E-state index contributed by atoms with van der Waals surface area (Å²) >= 11 is 6.40. The Morgan fingerprint density at radius 1 is 1.05 bits per heavy atom. The van der Waals surface area contributed by atoms with Crippen LogP contribution in [-0.2, 0) is 4.74 Å². The number of aromatic nitrogens is 3. The van der Waals surface area contributed by atoms with Crippen LogP contribution in [0.25, 0.3) is 22.3 Å². The molecule has 1 aliphatic rings. The number of halogens is 2. The summed E-state index contributed by atoms with van der Waals surface area (Å²) < 4.78 is 21.1. The Hall–Kier alpha value is -3.73. The average molecular weight is 525 g/mol. The van der Waals surface area contributed by atoms with Crippen molar-refractivity contribution in [3.63, 3.8) is 0 Å². The first-order valence-corrected chi connectivity index (χ1v) is 12.3. The van der Waals surface area contributed by atoms with Gasteiger partial charge in [0.1, 0.15) is 12.4 Å². The highest BCUT2D eigenvalue weighted by molar-refractivity contribution is 6.33. The van der Waals surface area contributed by atoms with Gasteiger partial charge in [0.05, 0.1) is 22.9 Å². The lowest BCUT2D eigenvalue weighted by Crippen LogP contribution is -2.43. The molecule has 2 aromatic heterocycles. The van der Waals surface area contributed by atoms with Crippen molar-refractivity contribution in [2.75, 3.05) is 56.7 Å². The molecule has 1 saturated heterocycles. The number of ether oxygens (including phenoxy) is 1. The largest absolute Gasteiger partial charge is 0.406 e. The smallest absolute Gasteiger partial charge is 0.285 e. The van der Waals surface area contributed by atoms with Crippen LogP contribution in [0.5, 0.6) is 0 Å². The van der Waals surface area contributed by atoms with E-state index in [-0.39, 0.29) is 41.1 Å². The SMILES string of the molecule is COCCOn1c(=O)ccc2c(-c3c(F)cccc3Cl)nc(Nc3ccc(N4CCNCC4)cc3)nc21. The zero-order valence-electron chi connectivity index (χ0n) is 20.2. The molecule has 1 fully saturated rings. The second kappa shape index (κ2) is 11.1. The minimum Gasteiger partial charge on any atom is -0.406 e. The molecule has 11 heteroatoms. The van der Waals surface area contributed by atoms with Crippen LogP contribution in [0.15, 0.2) is 59.4 Å². The number of rotatable bonds is 8. The number of benzene rings is 2. The third kappa shape index (κ3) is 5.36. The molecule has 5 rings (SSSR count). The maximum absolute atomic E-state index is 15.0. The fourth-order valence-electron chi connectivity index (χ4n) is 4.21. The van der Waals surface area contributed by atoms with Crippen molar-refractivity contribution in [1.82, 2.24) is 20.0 Å². The fourth-order valence-corrected chi connectivity index (χ4v) is 4.46. The van der Waals surface area contributed by atoms with Gasteiger partial charge in [-0.15, -0.1) is 4.73 Å². The first-order valence-electron chi connectivity index (χ1n) is 11.9. The molecule has 1 aliphatic heterocycles. The van der Waals surface area contributed by atoms with Crippen LogP contribution in [0, 0.1) is 5.82 Å². The molecule has 0 amide bonds. The van der Waals surface area contributed by atoms with Gasteiger partial charge in [0.25, 0.3) is 5.56 Å². The predicted molar refractivity (Wildman–Crippen MR) is 142 cm³/mol. The molecule has 0 unspecified atom stereocenters. The number of anilines is 3. The molecule has 0 radical (unpaired) electrons. The van der Waals surface area contributed by atoms with Gasteiger partial charge in [0, 0.05) is 56.1 Å². The standard InChI is InChI=1S/C26H26ClFN6O3/c1-36-15-16-37-34-22(35)10-9-19-24(23-20(27)3-2-4-21(23)28)31-26(32-25(19)34)30-17-5-7-18(8-6-17)33-13-11-29-12-14-33/h2-10,29H,11-16H2,1H3,(H,30,31,32). The van der Waals surface area contributed by atoms with E-state index in [4.69, 9.17) is 21.2 Å². The lowest BCUT2D eigenvalue weighted by atomic mass is 10.1. The van der Waals surface area contributed by atoms with Crippen LogP contribution >= 0.6 is 11.6 Å². The highest BCUT2D eigenvalue weighted by atomic mass is 35.5. The van der Waals surface area contributed by atoms with E-state index in [1.807, 2.05) is 24.3 Å². The molecule has 2 aromatic carbocycles. The summed E-state index contributed by atoms with van der Waals surface area (Å²) in [5.74, 6) is -0.386. The van der Waals surface area contributed by atoms with Gasteiger partial charge in [-0.05, 0) is 42.5 Å². The van der Waals surface area contributed by atoms with Crippen molar-refractivity contribution in [3.8, 4) is 11.3 Å². The average Bonchev–Trinajstić information content (AvgIpc) is 2.91. The molecule has 37 heavy (non-hydrogen) atoms. The van der Waals surface area contributed by atoms with Gasteiger partial charge in [-0.1, -0.05) is 17.7 Å². The monoisotopic (exact) mass is 524 g/mol. The maximum atomic E-state index is 15.0. The summed E-state index contributed by atoms with van der Waals surface area (Å²) in [6.07, 6.45) is 0. The molecule has 0 bridgehead atoms. The van der Waals surface area contributed by atoms with Crippen molar-refractivity contribution in [2.45, 2.75) is 0 Å². The molecule has 9 nitrogen and oxygen atoms in total. The number of hydrogen-bond acceptors (Lipinski definition) is 8. The Morgan fingerprint density at radius 2 is 1.84 bits per heavy atom. The summed E-state index contributed by atoms with van der Waals surface area (Å²) in [6.45, 7) is 4.15. The molecular formula is C26H26ClFN6O3. The zero-order valence-corrected chi connectivity index (χ0v) is 21.0.